The van der Waals surface area contributed by atoms with E-state index >= 15 is 0 Å². The molecule has 0 amide bonds. The summed E-state index contributed by atoms with van der Waals surface area (Å²) >= 11 is 0. The molecule has 0 atom stereocenters. The van der Waals surface area contributed by atoms with Gasteiger partial charge in [0.1, 0.15) is 11.4 Å². The first kappa shape index (κ1) is 8.97. The van der Waals surface area contributed by atoms with Crippen LogP contribution in [0.25, 0.3) is 16.9 Å². The van der Waals surface area contributed by atoms with Crippen LogP contribution in [0, 0.1) is 0 Å². The van der Waals surface area contributed by atoms with Crippen LogP contribution in [0.5, 0.6) is 5.75 Å². The molecule has 1 N–H and O–H groups in total. The average molecular weight is 210 g/mol. The fourth-order valence-electron chi connectivity index (χ4n) is 1.74. The van der Waals surface area contributed by atoms with Crippen LogP contribution in [-0.2, 0) is 0 Å². The maximum Gasteiger partial charge on any atom is 0.137 e. The third-order valence-electron chi connectivity index (χ3n) is 2.51. The smallest absolute Gasteiger partial charge is 0.137 e. The molecule has 0 fully saturated rings. The first-order valence-corrected chi connectivity index (χ1v) is 5.06. The molecule has 3 rings (SSSR count). The highest BCUT2D eigenvalue weighted by Gasteiger charge is 2.03. The zero-order valence-corrected chi connectivity index (χ0v) is 8.54. The zero-order valence-electron chi connectivity index (χ0n) is 8.54. The summed E-state index contributed by atoms with van der Waals surface area (Å²) in [5.41, 5.74) is 2.69. The van der Waals surface area contributed by atoms with Gasteiger partial charge in [0.25, 0.3) is 0 Å². The average Bonchev–Trinajstić information content (AvgIpc) is 2.72. The molecule has 0 saturated heterocycles. The minimum absolute atomic E-state index is 0.259. The Bertz CT molecular complexity index is 610. The van der Waals surface area contributed by atoms with E-state index in [9.17, 15) is 5.11 Å². The maximum atomic E-state index is 9.41. The quantitative estimate of drug-likeness (QED) is 0.670. The number of pyridine rings is 1. The van der Waals surface area contributed by atoms with Crippen molar-refractivity contribution in [2.24, 2.45) is 0 Å². The molecular weight excluding hydrogens is 200 g/mol. The predicted octanol–water partition coefficient (Wildman–Crippen LogP) is 2.71. The number of phenolic OH excluding ortho intramolecular Hbond substituents is 1. The highest BCUT2D eigenvalue weighted by molar-refractivity contribution is 5.63. The minimum Gasteiger partial charge on any atom is -0.508 e. The second-order valence-corrected chi connectivity index (χ2v) is 3.64. The number of rotatable bonds is 1. The summed E-state index contributed by atoms with van der Waals surface area (Å²) < 4.78 is 1.96. The SMILES string of the molecule is Oc1cccc(-c2cn3ccccc3n2)c1. The topological polar surface area (TPSA) is 37.5 Å². The van der Waals surface area contributed by atoms with Gasteiger partial charge in [0, 0.05) is 18.0 Å². The minimum atomic E-state index is 0.259. The summed E-state index contributed by atoms with van der Waals surface area (Å²) in [6.45, 7) is 0. The number of aromatic hydroxyl groups is 1. The van der Waals surface area contributed by atoms with Gasteiger partial charge in [-0.05, 0) is 24.3 Å². The predicted molar refractivity (Wildman–Crippen MR) is 62.3 cm³/mol. The molecule has 78 valence electrons. The van der Waals surface area contributed by atoms with Crippen molar-refractivity contribution < 1.29 is 5.11 Å². The second-order valence-electron chi connectivity index (χ2n) is 3.64. The number of hydrogen-bond acceptors (Lipinski definition) is 2. The van der Waals surface area contributed by atoms with E-state index < -0.39 is 0 Å². The van der Waals surface area contributed by atoms with Gasteiger partial charge in [-0.25, -0.2) is 4.98 Å². The van der Waals surface area contributed by atoms with Crippen LogP contribution in [0.15, 0.2) is 54.9 Å². The van der Waals surface area contributed by atoms with Crippen molar-refractivity contribution in [1.82, 2.24) is 9.38 Å². The lowest BCUT2D eigenvalue weighted by molar-refractivity contribution is 0.475. The first-order chi connectivity index (χ1) is 7.83. The van der Waals surface area contributed by atoms with Crippen LogP contribution in [0.1, 0.15) is 0 Å². The van der Waals surface area contributed by atoms with E-state index in [0.29, 0.717) is 0 Å². The molecule has 0 aliphatic carbocycles. The Labute approximate surface area is 92.6 Å². The number of imidazole rings is 1. The number of benzene rings is 1. The van der Waals surface area contributed by atoms with Crippen LogP contribution in [0.3, 0.4) is 0 Å². The first-order valence-electron chi connectivity index (χ1n) is 5.06. The molecule has 0 spiro atoms. The van der Waals surface area contributed by atoms with Crippen LogP contribution >= 0.6 is 0 Å². The summed E-state index contributed by atoms with van der Waals surface area (Å²) in [6.07, 6.45) is 3.90. The van der Waals surface area contributed by atoms with Gasteiger partial charge in [-0.1, -0.05) is 18.2 Å². The molecule has 0 radical (unpaired) electrons. The molecule has 2 aromatic heterocycles. The largest absolute Gasteiger partial charge is 0.508 e. The Balaban J connectivity index is 2.19. The number of fused-ring (bicyclic) bond motifs is 1. The van der Waals surface area contributed by atoms with E-state index in [1.807, 2.05) is 47.1 Å². The number of hydrogen-bond donors (Lipinski definition) is 1. The molecule has 0 aliphatic heterocycles. The molecule has 16 heavy (non-hydrogen) atoms. The van der Waals surface area contributed by atoms with E-state index in [1.54, 1.807) is 12.1 Å². The van der Waals surface area contributed by atoms with Gasteiger partial charge in [-0.3, -0.25) is 0 Å². The second kappa shape index (κ2) is 3.38. The van der Waals surface area contributed by atoms with Crippen molar-refractivity contribution in [2.75, 3.05) is 0 Å². The van der Waals surface area contributed by atoms with E-state index in [4.69, 9.17) is 0 Å². The Morgan fingerprint density at radius 1 is 1.06 bits per heavy atom. The molecule has 2 heterocycles. The molecule has 3 nitrogen and oxygen atoms in total. The van der Waals surface area contributed by atoms with E-state index in [-0.39, 0.29) is 5.75 Å². The molecular formula is C13H10N2O. The van der Waals surface area contributed by atoms with E-state index in [1.165, 1.54) is 0 Å². The standard InChI is InChI=1S/C13H10N2O/c16-11-5-3-4-10(8-11)12-9-15-7-2-1-6-13(15)14-12/h1-9,16H. The van der Waals surface area contributed by atoms with E-state index in [0.717, 1.165) is 16.9 Å². The summed E-state index contributed by atoms with van der Waals surface area (Å²) in [7, 11) is 0. The Morgan fingerprint density at radius 2 is 2.00 bits per heavy atom. The fraction of sp³-hybridized carbons (Fsp3) is 0. The molecule has 0 bridgehead atoms. The van der Waals surface area contributed by atoms with Crippen molar-refractivity contribution in [3.05, 3.63) is 54.9 Å². The number of nitrogens with zero attached hydrogens (tertiary/aromatic N) is 2. The van der Waals surface area contributed by atoms with Crippen molar-refractivity contribution in [1.29, 1.82) is 0 Å². The van der Waals surface area contributed by atoms with Crippen molar-refractivity contribution >= 4 is 5.65 Å². The maximum absolute atomic E-state index is 9.41. The normalized spacial score (nSPS) is 10.8. The van der Waals surface area contributed by atoms with Gasteiger partial charge >= 0.3 is 0 Å². The summed E-state index contributed by atoms with van der Waals surface area (Å²) in [4.78, 5) is 4.48. The van der Waals surface area contributed by atoms with Crippen LogP contribution < -0.4 is 0 Å². The number of phenols is 1. The van der Waals surface area contributed by atoms with Crippen LogP contribution in [0.2, 0.25) is 0 Å². The van der Waals surface area contributed by atoms with Gasteiger partial charge in [0.05, 0.1) is 5.69 Å². The van der Waals surface area contributed by atoms with Crippen molar-refractivity contribution in [3.63, 3.8) is 0 Å². The fourth-order valence-corrected chi connectivity index (χ4v) is 1.74. The monoisotopic (exact) mass is 210 g/mol. The summed E-state index contributed by atoms with van der Waals surface area (Å²) in [6, 6.07) is 13.0. The zero-order chi connectivity index (χ0) is 11.0. The Morgan fingerprint density at radius 3 is 2.81 bits per heavy atom. The van der Waals surface area contributed by atoms with Crippen LogP contribution in [0.4, 0.5) is 0 Å². The molecule has 0 saturated carbocycles. The van der Waals surface area contributed by atoms with E-state index in [2.05, 4.69) is 4.98 Å². The highest BCUT2D eigenvalue weighted by Crippen LogP contribution is 2.22. The van der Waals surface area contributed by atoms with Crippen molar-refractivity contribution in [2.45, 2.75) is 0 Å². The van der Waals surface area contributed by atoms with Gasteiger partial charge in [-0.15, -0.1) is 0 Å². The van der Waals surface area contributed by atoms with Crippen molar-refractivity contribution in [3.8, 4) is 17.0 Å². The Hall–Kier alpha value is -2.29. The van der Waals surface area contributed by atoms with Crippen LogP contribution in [-0.4, -0.2) is 14.5 Å². The molecule has 0 unspecified atom stereocenters. The lowest BCUT2D eigenvalue weighted by Gasteiger charge is -1.96. The molecule has 3 aromatic rings. The lowest BCUT2D eigenvalue weighted by atomic mass is 10.2. The third-order valence-corrected chi connectivity index (χ3v) is 2.51. The number of aromatic nitrogens is 2. The van der Waals surface area contributed by atoms with Gasteiger partial charge < -0.3 is 9.51 Å². The summed E-state index contributed by atoms with van der Waals surface area (Å²) in [5, 5.41) is 9.41. The molecule has 0 aliphatic rings. The van der Waals surface area contributed by atoms with Gasteiger partial charge in [0.15, 0.2) is 0 Å². The molecule has 3 heteroatoms. The molecule has 1 aromatic carbocycles. The van der Waals surface area contributed by atoms with Gasteiger partial charge in [0.2, 0.25) is 0 Å². The Kier molecular flexibility index (Phi) is 1.90. The lowest BCUT2D eigenvalue weighted by Crippen LogP contribution is -1.77. The summed E-state index contributed by atoms with van der Waals surface area (Å²) in [5.74, 6) is 0.259. The highest BCUT2D eigenvalue weighted by atomic mass is 16.3. The third kappa shape index (κ3) is 1.42. The van der Waals surface area contributed by atoms with Gasteiger partial charge in [-0.2, -0.15) is 0 Å².